The molecule has 2 heterocycles. The number of nitrogens with one attached hydrogen (secondary N) is 2. The summed E-state index contributed by atoms with van der Waals surface area (Å²) >= 11 is 6.05. The van der Waals surface area contributed by atoms with Crippen LogP contribution in [0.2, 0.25) is 5.02 Å². The highest BCUT2D eigenvalue weighted by molar-refractivity contribution is 6.30. The number of amides is 2. The first-order valence-electron chi connectivity index (χ1n) is 10.1. The third-order valence-corrected chi connectivity index (χ3v) is 6.12. The van der Waals surface area contributed by atoms with E-state index in [4.69, 9.17) is 11.6 Å². The summed E-state index contributed by atoms with van der Waals surface area (Å²) < 4.78 is 0. The molecule has 7 heteroatoms. The van der Waals surface area contributed by atoms with Crippen molar-refractivity contribution < 1.29 is 4.79 Å². The number of anilines is 1. The fraction of sp³-hybridized carbons (Fsp3) is 0.261. The maximum atomic E-state index is 12.7. The Balaban J connectivity index is 1.32. The molecule has 2 amide bonds. The molecular formula is C23H21ClN4O2. The van der Waals surface area contributed by atoms with Gasteiger partial charge in [-0.05, 0) is 66.6 Å². The van der Waals surface area contributed by atoms with E-state index < -0.39 is 0 Å². The van der Waals surface area contributed by atoms with E-state index in [0.29, 0.717) is 18.1 Å². The van der Waals surface area contributed by atoms with E-state index in [1.165, 1.54) is 0 Å². The number of carbonyl (C=O) groups excluding carboxylic acids is 1. The first kappa shape index (κ1) is 18.9. The van der Waals surface area contributed by atoms with Crippen molar-refractivity contribution in [3.8, 4) is 11.3 Å². The lowest BCUT2D eigenvalue weighted by Crippen LogP contribution is -2.30. The van der Waals surface area contributed by atoms with Crippen molar-refractivity contribution in [3.63, 3.8) is 0 Å². The largest absolute Gasteiger partial charge is 0.322 e. The van der Waals surface area contributed by atoms with Gasteiger partial charge in [0.1, 0.15) is 0 Å². The predicted octanol–water partition coefficient (Wildman–Crippen LogP) is 4.52. The van der Waals surface area contributed by atoms with Crippen LogP contribution in [0.25, 0.3) is 11.3 Å². The van der Waals surface area contributed by atoms with Crippen molar-refractivity contribution in [3.05, 3.63) is 80.1 Å². The topological polar surface area (TPSA) is 78.1 Å². The number of hydrogen-bond acceptors (Lipinski definition) is 3. The summed E-state index contributed by atoms with van der Waals surface area (Å²) in [6.07, 6.45) is 3.79. The van der Waals surface area contributed by atoms with E-state index in [2.05, 4.69) is 15.5 Å². The molecule has 30 heavy (non-hydrogen) atoms. The van der Waals surface area contributed by atoms with Gasteiger partial charge in [-0.25, -0.2) is 9.89 Å². The summed E-state index contributed by atoms with van der Waals surface area (Å²) in [5.74, 6) is 0. The van der Waals surface area contributed by atoms with Gasteiger partial charge in [-0.3, -0.25) is 4.79 Å². The van der Waals surface area contributed by atoms with E-state index in [1.807, 2.05) is 42.5 Å². The van der Waals surface area contributed by atoms with Gasteiger partial charge in [-0.15, -0.1) is 0 Å². The summed E-state index contributed by atoms with van der Waals surface area (Å²) in [6, 6.07) is 13.2. The van der Waals surface area contributed by atoms with Crippen LogP contribution in [0.15, 0.2) is 47.3 Å². The Morgan fingerprint density at radius 3 is 2.53 bits per heavy atom. The molecule has 2 aromatic carbocycles. The molecule has 1 aliphatic heterocycles. The van der Waals surface area contributed by atoms with Crippen molar-refractivity contribution >= 4 is 23.3 Å². The minimum Gasteiger partial charge on any atom is -0.316 e. The molecule has 0 saturated carbocycles. The van der Waals surface area contributed by atoms with Gasteiger partial charge in [0.25, 0.3) is 5.56 Å². The lowest BCUT2D eigenvalue weighted by atomic mass is 9.90. The van der Waals surface area contributed by atoms with Crippen LogP contribution in [-0.2, 0) is 25.9 Å². The van der Waals surface area contributed by atoms with E-state index in [1.54, 1.807) is 4.90 Å². The Morgan fingerprint density at radius 2 is 1.73 bits per heavy atom. The Kier molecular flexibility index (Phi) is 4.79. The van der Waals surface area contributed by atoms with Crippen molar-refractivity contribution in [2.45, 2.75) is 38.8 Å². The zero-order valence-electron chi connectivity index (χ0n) is 16.4. The Labute approximate surface area is 178 Å². The second kappa shape index (κ2) is 7.61. The molecular weight excluding hydrogens is 400 g/mol. The monoisotopic (exact) mass is 420 g/mol. The standard InChI is InChI=1S/C23H21ClN4O2/c24-17-8-5-15-12-28(13-16(15)11-17)23(30)25-18-9-6-14(7-10-18)21-19-3-1-2-4-20(19)22(29)27-26-21/h5-11H,1-4,12-13H2,(H,25,30)(H,27,29). The molecule has 152 valence electrons. The van der Waals surface area contributed by atoms with Gasteiger partial charge in [0, 0.05) is 34.9 Å². The van der Waals surface area contributed by atoms with Crippen molar-refractivity contribution in [1.29, 1.82) is 0 Å². The van der Waals surface area contributed by atoms with Crippen LogP contribution < -0.4 is 10.9 Å². The van der Waals surface area contributed by atoms with Crippen molar-refractivity contribution in [2.24, 2.45) is 0 Å². The van der Waals surface area contributed by atoms with Crippen LogP contribution in [0.1, 0.15) is 35.1 Å². The third-order valence-electron chi connectivity index (χ3n) is 5.88. The molecule has 2 aliphatic rings. The molecule has 0 radical (unpaired) electrons. The van der Waals surface area contributed by atoms with Crippen LogP contribution in [0.5, 0.6) is 0 Å². The fourth-order valence-electron chi connectivity index (χ4n) is 4.32. The van der Waals surface area contributed by atoms with Gasteiger partial charge in [-0.2, -0.15) is 5.10 Å². The van der Waals surface area contributed by atoms with Gasteiger partial charge >= 0.3 is 6.03 Å². The van der Waals surface area contributed by atoms with Gasteiger partial charge < -0.3 is 10.2 Å². The van der Waals surface area contributed by atoms with Gasteiger partial charge in [-0.1, -0.05) is 29.8 Å². The number of rotatable bonds is 2. The molecule has 6 nitrogen and oxygen atoms in total. The number of nitrogens with zero attached hydrogens (tertiary/aromatic N) is 2. The molecule has 0 bridgehead atoms. The number of hydrogen-bond donors (Lipinski definition) is 2. The predicted molar refractivity (Wildman–Crippen MR) is 117 cm³/mol. The first-order valence-corrected chi connectivity index (χ1v) is 10.5. The first-order chi connectivity index (χ1) is 14.6. The van der Waals surface area contributed by atoms with Crippen LogP contribution in [0, 0.1) is 0 Å². The molecule has 3 aromatic rings. The highest BCUT2D eigenvalue weighted by Crippen LogP contribution is 2.29. The minimum absolute atomic E-state index is 0.0785. The van der Waals surface area contributed by atoms with E-state index >= 15 is 0 Å². The third kappa shape index (κ3) is 3.48. The molecule has 0 atom stereocenters. The lowest BCUT2D eigenvalue weighted by Gasteiger charge is -2.18. The summed E-state index contributed by atoms with van der Waals surface area (Å²) in [6.45, 7) is 1.12. The van der Waals surface area contributed by atoms with Crippen LogP contribution in [-0.4, -0.2) is 21.1 Å². The zero-order chi connectivity index (χ0) is 20.7. The van der Waals surface area contributed by atoms with E-state index in [9.17, 15) is 9.59 Å². The molecule has 0 spiro atoms. The number of halogens is 1. The average molecular weight is 421 g/mol. The molecule has 2 N–H and O–H groups in total. The van der Waals surface area contributed by atoms with Gasteiger partial charge in [0.05, 0.1) is 5.69 Å². The maximum absolute atomic E-state index is 12.7. The van der Waals surface area contributed by atoms with Gasteiger partial charge in [0.2, 0.25) is 0 Å². The highest BCUT2D eigenvalue weighted by Gasteiger charge is 2.24. The van der Waals surface area contributed by atoms with E-state index in [-0.39, 0.29) is 11.6 Å². The lowest BCUT2D eigenvalue weighted by molar-refractivity contribution is 0.212. The van der Waals surface area contributed by atoms with Crippen molar-refractivity contribution in [1.82, 2.24) is 15.1 Å². The fourth-order valence-corrected chi connectivity index (χ4v) is 4.51. The smallest absolute Gasteiger partial charge is 0.316 e. The second-order valence-electron chi connectivity index (χ2n) is 7.84. The summed E-state index contributed by atoms with van der Waals surface area (Å²) in [5.41, 5.74) is 6.52. The number of H-pyrrole nitrogens is 1. The number of benzene rings is 2. The molecule has 0 saturated heterocycles. The number of aromatic nitrogens is 2. The molecule has 0 fully saturated rings. The average Bonchev–Trinajstić information content (AvgIpc) is 3.18. The number of aromatic amines is 1. The van der Waals surface area contributed by atoms with Crippen LogP contribution in [0.4, 0.5) is 10.5 Å². The highest BCUT2D eigenvalue weighted by atomic mass is 35.5. The number of urea groups is 1. The summed E-state index contributed by atoms with van der Waals surface area (Å²) in [5, 5.41) is 10.6. The number of fused-ring (bicyclic) bond motifs is 2. The second-order valence-corrected chi connectivity index (χ2v) is 8.28. The maximum Gasteiger partial charge on any atom is 0.322 e. The SMILES string of the molecule is O=C(Nc1ccc(-c2n[nH]c(=O)c3c2CCCC3)cc1)N1Cc2ccc(Cl)cc2C1. The van der Waals surface area contributed by atoms with Crippen molar-refractivity contribution in [2.75, 3.05) is 5.32 Å². The Bertz CT molecular complexity index is 1190. The van der Waals surface area contributed by atoms with Gasteiger partial charge in [0.15, 0.2) is 0 Å². The Hall–Kier alpha value is -3.12. The Morgan fingerprint density at radius 1 is 1.00 bits per heavy atom. The molecule has 5 rings (SSSR count). The number of carbonyl (C=O) groups is 1. The van der Waals surface area contributed by atoms with E-state index in [0.717, 1.165) is 64.9 Å². The molecule has 1 aromatic heterocycles. The molecule has 1 aliphatic carbocycles. The molecule has 0 unspecified atom stereocenters. The minimum atomic E-state index is -0.144. The zero-order valence-corrected chi connectivity index (χ0v) is 17.1. The summed E-state index contributed by atoms with van der Waals surface area (Å²) in [4.78, 5) is 26.5. The normalized spacial score (nSPS) is 14.9. The van der Waals surface area contributed by atoms with Crippen LogP contribution >= 0.6 is 11.6 Å². The summed E-state index contributed by atoms with van der Waals surface area (Å²) in [7, 11) is 0. The quantitative estimate of drug-likeness (QED) is 0.640. The van der Waals surface area contributed by atoms with Crippen LogP contribution in [0.3, 0.4) is 0 Å².